The van der Waals surface area contributed by atoms with Gasteiger partial charge in [0.25, 0.3) is 0 Å². The molecule has 2 unspecified atom stereocenters. The zero-order valence-corrected chi connectivity index (χ0v) is 8.60. The molecule has 0 amide bonds. The summed E-state index contributed by atoms with van der Waals surface area (Å²) in [6.07, 6.45) is 16.1. The van der Waals surface area contributed by atoms with Crippen molar-refractivity contribution in [3.05, 3.63) is 24.3 Å². The molecule has 0 radical (unpaired) electrons. The summed E-state index contributed by atoms with van der Waals surface area (Å²) in [5, 5.41) is 0. The summed E-state index contributed by atoms with van der Waals surface area (Å²) >= 11 is 0. The van der Waals surface area contributed by atoms with E-state index in [0.717, 1.165) is 35.5 Å². The Morgan fingerprint density at radius 2 is 1.00 bits per heavy atom. The maximum atomic E-state index is 2.55. The van der Waals surface area contributed by atoms with Gasteiger partial charge in [0, 0.05) is 0 Å². The van der Waals surface area contributed by atoms with Crippen LogP contribution in [0.15, 0.2) is 24.3 Å². The Bertz CT molecular complexity index is 268. The third kappa shape index (κ3) is 0.898. The molecule has 74 valence electrons. The van der Waals surface area contributed by atoms with Crippen LogP contribution in [0.1, 0.15) is 25.7 Å². The molecule has 6 aliphatic carbocycles. The topological polar surface area (TPSA) is 0 Å². The van der Waals surface area contributed by atoms with Gasteiger partial charge in [-0.15, -0.1) is 0 Å². The number of fused-ring (bicyclic) bond motifs is 3. The maximum absolute atomic E-state index is 2.55. The van der Waals surface area contributed by atoms with Gasteiger partial charge in [0.2, 0.25) is 0 Å². The quantitative estimate of drug-likeness (QED) is 0.550. The average Bonchev–Trinajstić information content (AvgIpc) is 2.15. The fourth-order valence-corrected chi connectivity index (χ4v) is 4.13. The minimum absolute atomic E-state index is 0.919. The third-order valence-electron chi connectivity index (χ3n) is 5.17. The van der Waals surface area contributed by atoms with Crippen LogP contribution in [-0.2, 0) is 0 Å². The molecular formula is C14H18. The summed E-state index contributed by atoms with van der Waals surface area (Å²) in [7, 11) is 0. The Kier molecular flexibility index (Phi) is 1.40. The normalized spacial score (nSPS) is 57.7. The summed E-state index contributed by atoms with van der Waals surface area (Å²) in [4.78, 5) is 0. The van der Waals surface area contributed by atoms with Crippen LogP contribution in [0.25, 0.3) is 0 Å². The van der Waals surface area contributed by atoms with Crippen LogP contribution in [0, 0.1) is 35.5 Å². The van der Waals surface area contributed by atoms with Gasteiger partial charge < -0.3 is 0 Å². The first-order valence-corrected chi connectivity index (χ1v) is 6.27. The van der Waals surface area contributed by atoms with E-state index in [2.05, 4.69) is 24.3 Å². The van der Waals surface area contributed by atoms with E-state index in [1.807, 2.05) is 0 Å². The molecular weight excluding hydrogens is 168 g/mol. The first kappa shape index (κ1) is 7.73. The van der Waals surface area contributed by atoms with Crippen molar-refractivity contribution in [2.75, 3.05) is 0 Å². The Labute approximate surface area is 86.1 Å². The lowest BCUT2D eigenvalue weighted by Gasteiger charge is -2.51. The van der Waals surface area contributed by atoms with E-state index in [9.17, 15) is 0 Å². The van der Waals surface area contributed by atoms with Crippen molar-refractivity contribution in [2.24, 2.45) is 35.5 Å². The Morgan fingerprint density at radius 1 is 0.571 bits per heavy atom. The second kappa shape index (κ2) is 2.53. The lowest BCUT2D eigenvalue weighted by molar-refractivity contribution is 0.0629. The summed E-state index contributed by atoms with van der Waals surface area (Å²) in [5.41, 5.74) is 0. The van der Waals surface area contributed by atoms with Crippen molar-refractivity contribution in [3.63, 3.8) is 0 Å². The zero-order chi connectivity index (χ0) is 9.12. The maximum Gasteiger partial charge on any atom is -0.0139 e. The van der Waals surface area contributed by atoms with Crippen molar-refractivity contribution in [3.8, 4) is 0 Å². The highest BCUT2D eigenvalue weighted by Gasteiger charge is 2.45. The molecule has 2 atom stereocenters. The summed E-state index contributed by atoms with van der Waals surface area (Å²) in [6.45, 7) is 0. The predicted molar refractivity (Wildman–Crippen MR) is 57.7 cm³/mol. The van der Waals surface area contributed by atoms with Gasteiger partial charge in [0.1, 0.15) is 0 Å². The minimum Gasteiger partial charge on any atom is -0.0851 e. The average molecular weight is 186 g/mol. The van der Waals surface area contributed by atoms with E-state index in [1.54, 1.807) is 0 Å². The van der Waals surface area contributed by atoms with E-state index in [4.69, 9.17) is 0 Å². The molecule has 0 aliphatic heterocycles. The van der Waals surface area contributed by atoms with Gasteiger partial charge in [0.15, 0.2) is 0 Å². The van der Waals surface area contributed by atoms with Crippen LogP contribution in [0.4, 0.5) is 0 Å². The lowest BCUT2D eigenvalue weighted by Crippen LogP contribution is -2.42. The minimum atomic E-state index is 0.919. The van der Waals surface area contributed by atoms with Crippen molar-refractivity contribution in [1.29, 1.82) is 0 Å². The molecule has 14 heavy (non-hydrogen) atoms. The smallest absolute Gasteiger partial charge is 0.0139 e. The highest BCUT2D eigenvalue weighted by atomic mass is 14.5. The van der Waals surface area contributed by atoms with Gasteiger partial charge in [-0.05, 0) is 61.2 Å². The second-order valence-electron chi connectivity index (χ2n) is 5.91. The molecule has 4 bridgehead atoms. The molecule has 0 aromatic carbocycles. The van der Waals surface area contributed by atoms with Crippen LogP contribution < -0.4 is 0 Å². The molecule has 2 saturated carbocycles. The van der Waals surface area contributed by atoms with Gasteiger partial charge >= 0.3 is 0 Å². The highest BCUT2D eigenvalue weighted by Crippen LogP contribution is 2.54. The van der Waals surface area contributed by atoms with Crippen LogP contribution in [-0.4, -0.2) is 0 Å². The number of allylic oxidation sites excluding steroid dienone is 4. The Balaban J connectivity index is 1.62. The molecule has 6 aliphatic rings. The van der Waals surface area contributed by atoms with Crippen LogP contribution in [0.2, 0.25) is 0 Å². The van der Waals surface area contributed by atoms with Crippen molar-refractivity contribution < 1.29 is 0 Å². The fourth-order valence-electron chi connectivity index (χ4n) is 4.13. The van der Waals surface area contributed by atoms with E-state index in [0.29, 0.717) is 0 Å². The van der Waals surface area contributed by atoms with Gasteiger partial charge in [0.05, 0.1) is 0 Å². The van der Waals surface area contributed by atoms with Gasteiger partial charge in [-0.2, -0.15) is 0 Å². The molecule has 0 saturated heterocycles. The number of rotatable bonds is 1. The second-order valence-corrected chi connectivity index (χ2v) is 5.91. The van der Waals surface area contributed by atoms with Crippen molar-refractivity contribution >= 4 is 0 Å². The molecule has 0 aromatic rings. The van der Waals surface area contributed by atoms with Crippen LogP contribution in [0.3, 0.4) is 0 Å². The predicted octanol–water partition coefficient (Wildman–Crippen LogP) is 3.41. The standard InChI is InChI=1S/C14H18/c1-3-13(11-5-9(1)6-11)14-4-2-10-7-12(14)8-10/h1-4,9-14H,5-8H2. The van der Waals surface area contributed by atoms with Gasteiger partial charge in [-0.3, -0.25) is 0 Å². The molecule has 0 spiro atoms. The lowest BCUT2D eigenvalue weighted by atomic mass is 9.53. The molecule has 0 N–H and O–H groups in total. The largest absolute Gasteiger partial charge is 0.0851 e. The Morgan fingerprint density at radius 3 is 1.29 bits per heavy atom. The van der Waals surface area contributed by atoms with Gasteiger partial charge in [-0.25, -0.2) is 0 Å². The molecule has 0 heterocycles. The van der Waals surface area contributed by atoms with Crippen LogP contribution >= 0.6 is 0 Å². The fraction of sp³-hybridized carbons (Fsp3) is 0.714. The van der Waals surface area contributed by atoms with Crippen LogP contribution in [0.5, 0.6) is 0 Å². The monoisotopic (exact) mass is 186 g/mol. The summed E-state index contributed by atoms with van der Waals surface area (Å²) < 4.78 is 0. The SMILES string of the molecule is C1=CC(C2C=CC3CC2C3)C2CC1C2. The first-order chi connectivity index (χ1) is 6.90. The number of hydrogen-bond donors (Lipinski definition) is 0. The van der Waals surface area contributed by atoms with E-state index >= 15 is 0 Å². The summed E-state index contributed by atoms with van der Waals surface area (Å²) in [6, 6.07) is 0. The van der Waals surface area contributed by atoms with E-state index in [1.165, 1.54) is 25.7 Å². The highest BCUT2D eigenvalue weighted by molar-refractivity contribution is 5.18. The Hall–Kier alpha value is -0.520. The molecule has 6 rings (SSSR count). The summed E-state index contributed by atoms with van der Waals surface area (Å²) in [5.74, 6) is 5.88. The van der Waals surface area contributed by atoms with Crippen molar-refractivity contribution in [2.45, 2.75) is 25.7 Å². The molecule has 0 aromatic heterocycles. The van der Waals surface area contributed by atoms with E-state index in [-0.39, 0.29) is 0 Å². The van der Waals surface area contributed by atoms with E-state index < -0.39 is 0 Å². The first-order valence-electron chi connectivity index (χ1n) is 6.27. The van der Waals surface area contributed by atoms with Gasteiger partial charge in [-0.1, -0.05) is 24.3 Å². The van der Waals surface area contributed by atoms with Crippen molar-refractivity contribution in [1.82, 2.24) is 0 Å². The molecule has 2 fully saturated rings. The third-order valence-corrected chi connectivity index (χ3v) is 5.17. The molecule has 0 heteroatoms. The number of hydrogen-bond acceptors (Lipinski definition) is 0. The zero-order valence-electron chi connectivity index (χ0n) is 8.60. The molecule has 0 nitrogen and oxygen atoms in total.